The monoisotopic (exact) mass is 602 g/mol. The molecule has 1 saturated heterocycles. The number of alkyl halides is 3. The lowest BCUT2D eigenvalue weighted by Crippen LogP contribution is -2.46. The van der Waals surface area contributed by atoms with E-state index in [1.807, 2.05) is 0 Å². The fourth-order valence-corrected chi connectivity index (χ4v) is 7.56. The van der Waals surface area contributed by atoms with Crippen molar-refractivity contribution in [2.45, 2.75) is 34.9 Å². The number of carboxylic acid groups (broad SMARTS) is 1. The van der Waals surface area contributed by atoms with Gasteiger partial charge in [-0.3, -0.25) is 0 Å². The number of halogens is 4. The molecule has 39 heavy (non-hydrogen) atoms. The maximum absolute atomic E-state index is 13.9. The van der Waals surface area contributed by atoms with Crippen molar-refractivity contribution in [3.8, 4) is 11.1 Å². The Bertz CT molecular complexity index is 1620. The molecule has 8 nitrogen and oxygen atoms in total. The van der Waals surface area contributed by atoms with Gasteiger partial charge in [-0.05, 0) is 54.8 Å². The summed E-state index contributed by atoms with van der Waals surface area (Å²) in [6, 6.07) is 13.1. The summed E-state index contributed by atoms with van der Waals surface area (Å²) in [5.41, 5.74) is -1.16. The molecular weight excluding hydrogens is 581 g/mol. The molecule has 0 amide bonds. The van der Waals surface area contributed by atoms with E-state index in [0.717, 1.165) is 22.5 Å². The number of hydrogen-bond acceptors (Lipinski definition) is 5. The summed E-state index contributed by atoms with van der Waals surface area (Å²) in [6.45, 7) is -0.241. The van der Waals surface area contributed by atoms with Gasteiger partial charge in [0, 0.05) is 29.7 Å². The summed E-state index contributed by atoms with van der Waals surface area (Å²) < 4.78 is 97.2. The molecule has 0 radical (unpaired) electrons. The van der Waals surface area contributed by atoms with Crippen LogP contribution in [0.1, 0.15) is 28.8 Å². The average molecular weight is 603 g/mol. The second-order valence-corrected chi connectivity index (χ2v) is 12.8. The molecule has 208 valence electrons. The van der Waals surface area contributed by atoms with Crippen LogP contribution < -0.4 is 4.72 Å². The molecule has 3 aromatic carbocycles. The standard InChI is InChI=1S/C25H22ClF3N2O6S2/c26-22-7-2-1-6-20(22)16-8-9-23(21(15-16)25(27,28)29)38(34,35)30-18-10-12-31(13-11-18)39(36,37)19-5-3-4-17(14-19)24(32)33/h1-9,14-15,18,30H,10-13H2,(H,32,33). The topological polar surface area (TPSA) is 121 Å². The lowest BCUT2D eigenvalue weighted by atomic mass is 10.0. The fourth-order valence-electron chi connectivity index (χ4n) is 4.28. The summed E-state index contributed by atoms with van der Waals surface area (Å²) in [6.07, 6.45) is -4.99. The number of piperidine rings is 1. The molecule has 1 heterocycles. The van der Waals surface area contributed by atoms with Gasteiger partial charge in [-0.25, -0.2) is 26.4 Å². The first-order valence-electron chi connectivity index (χ1n) is 11.5. The quantitative estimate of drug-likeness (QED) is 0.399. The van der Waals surface area contributed by atoms with Gasteiger partial charge in [0.15, 0.2) is 0 Å². The molecule has 0 atom stereocenters. The number of rotatable bonds is 7. The Hall–Kier alpha value is -2.97. The molecule has 3 aromatic rings. The zero-order chi connectivity index (χ0) is 28.6. The second kappa shape index (κ2) is 10.9. The normalized spacial score (nSPS) is 15.8. The molecule has 0 spiro atoms. The number of hydrogen-bond donors (Lipinski definition) is 2. The minimum atomic E-state index is -4.98. The molecule has 2 N–H and O–H groups in total. The molecule has 0 aromatic heterocycles. The molecule has 0 bridgehead atoms. The van der Waals surface area contributed by atoms with Gasteiger partial charge in [-0.15, -0.1) is 0 Å². The van der Waals surface area contributed by atoms with Crippen LogP contribution in [0.4, 0.5) is 13.2 Å². The summed E-state index contributed by atoms with van der Waals surface area (Å²) in [7, 11) is -8.70. The summed E-state index contributed by atoms with van der Waals surface area (Å²) in [4.78, 5) is 10.0. The first kappa shape index (κ1) is 29.0. The molecule has 0 unspecified atom stereocenters. The smallest absolute Gasteiger partial charge is 0.417 e. The van der Waals surface area contributed by atoms with Gasteiger partial charge in [-0.2, -0.15) is 17.5 Å². The highest BCUT2D eigenvalue weighted by Crippen LogP contribution is 2.38. The number of carbonyl (C=O) groups is 1. The molecule has 4 rings (SSSR count). The Morgan fingerprint density at radius 3 is 2.23 bits per heavy atom. The third-order valence-corrected chi connectivity index (χ3v) is 10.1. The highest BCUT2D eigenvalue weighted by molar-refractivity contribution is 7.89. The van der Waals surface area contributed by atoms with Crippen molar-refractivity contribution in [1.82, 2.24) is 9.03 Å². The SMILES string of the molecule is O=C(O)c1cccc(S(=O)(=O)N2CCC(NS(=O)(=O)c3ccc(-c4ccccc4Cl)cc3C(F)(F)F)CC2)c1. The minimum Gasteiger partial charge on any atom is -0.478 e. The van der Waals surface area contributed by atoms with Crippen LogP contribution in [0.25, 0.3) is 11.1 Å². The Morgan fingerprint density at radius 2 is 1.62 bits per heavy atom. The maximum Gasteiger partial charge on any atom is 0.417 e. The Kier molecular flexibility index (Phi) is 8.11. The van der Waals surface area contributed by atoms with E-state index in [-0.39, 0.29) is 47.0 Å². The first-order chi connectivity index (χ1) is 18.2. The van der Waals surface area contributed by atoms with E-state index in [2.05, 4.69) is 4.72 Å². The van der Waals surface area contributed by atoms with E-state index in [1.54, 1.807) is 12.1 Å². The van der Waals surface area contributed by atoms with Crippen molar-refractivity contribution in [2.24, 2.45) is 0 Å². The lowest BCUT2D eigenvalue weighted by Gasteiger charge is -2.31. The van der Waals surface area contributed by atoms with Crippen LogP contribution in [0.2, 0.25) is 5.02 Å². The van der Waals surface area contributed by atoms with Crippen molar-refractivity contribution >= 4 is 37.6 Å². The van der Waals surface area contributed by atoms with E-state index in [9.17, 15) is 34.8 Å². The predicted octanol–water partition coefficient (Wildman–Crippen LogP) is 4.86. The number of benzene rings is 3. The fraction of sp³-hybridized carbons (Fsp3) is 0.240. The summed E-state index contributed by atoms with van der Waals surface area (Å²) in [5, 5.41) is 9.33. The number of nitrogens with one attached hydrogen (secondary N) is 1. The number of sulfonamides is 2. The van der Waals surface area contributed by atoms with Crippen LogP contribution in [0.5, 0.6) is 0 Å². The Labute approximate surface area is 228 Å². The molecule has 0 saturated carbocycles. The lowest BCUT2D eigenvalue weighted by molar-refractivity contribution is -0.139. The van der Waals surface area contributed by atoms with E-state index in [0.29, 0.717) is 5.56 Å². The van der Waals surface area contributed by atoms with Gasteiger partial charge in [0.1, 0.15) is 0 Å². The highest BCUT2D eigenvalue weighted by Gasteiger charge is 2.39. The largest absolute Gasteiger partial charge is 0.478 e. The molecular formula is C25H22ClF3N2O6S2. The van der Waals surface area contributed by atoms with Crippen LogP contribution in [0.3, 0.4) is 0 Å². The van der Waals surface area contributed by atoms with Gasteiger partial charge >= 0.3 is 12.1 Å². The van der Waals surface area contributed by atoms with Crippen LogP contribution in [-0.4, -0.2) is 51.3 Å². The van der Waals surface area contributed by atoms with E-state index in [4.69, 9.17) is 16.7 Å². The predicted molar refractivity (Wildman–Crippen MR) is 137 cm³/mol. The van der Waals surface area contributed by atoms with Gasteiger partial charge in [0.25, 0.3) is 0 Å². The van der Waals surface area contributed by atoms with E-state index in [1.165, 1.54) is 36.4 Å². The van der Waals surface area contributed by atoms with Gasteiger partial charge < -0.3 is 5.11 Å². The van der Waals surface area contributed by atoms with Gasteiger partial charge in [0.05, 0.1) is 20.9 Å². The minimum absolute atomic E-state index is 0.00383. The third-order valence-electron chi connectivity index (χ3n) is 6.25. The molecule has 1 aliphatic rings. The van der Waals surface area contributed by atoms with Crippen molar-refractivity contribution in [2.75, 3.05) is 13.1 Å². The molecule has 14 heteroatoms. The number of nitrogens with zero attached hydrogens (tertiary/aromatic N) is 1. The zero-order valence-electron chi connectivity index (χ0n) is 20.0. The molecule has 0 aliphatic carbocycles. The van der Waals surface area contributed by atoms with Gasteiger partial charge in [0.2, 0.25) is 20.0 Å². The van der Waals surface area contributed by atoms with Crippen molar-refractivity contribution in [1.29, 1.82) is 0 Å². The number of carboxylic acids is 1. The van der Waals surface area contributed by atoms with Crippen LogP contribution in [0, 0.1) is 0 Å². The number of aromatic carboxylic acids is 1. The van der Waals surface area contributed by atoms with Crippen molar-refractivity contribution in [3.63, 3.8) is 0 Å². The van der Waals surface area contributed by atoms with Crippen molar-refractivity contribution in [3.05, 3.63) is 82.9 Å². The Balaban J connectivity index is 1.53. The van der Waals surface area contributed by atoms with Crippen LogP contribution >= 0.6 is 11.6 Å². The second-order valence-electron chi connectivity index (χ2n) is 8.82. The third kappa shape index (κ3) is 6.28. The van der Waals surface area contributed by atoms with E-state index >= 15 is 0 Å². The highest BCUT2D eigenvalue weighted by atomic mass is 35.5. The summed E-state index contributed by atoms with van der Waals surface area (Å²) in [5.74, 6) is -1.29. The van der Waals surface area contributed by atoms with Crippen LogP contribution in [-0.2, 0) is 26.2 Å². The van der Waals surface area contributed by atoms with Crippen molar-refractivity contribution < 1.29 is 39.9 Å². The maximum atomic E-state index is 13.9. The zero-order valence-corrected chi connectivity index (χ0v) is 22.4. The Morgan fingerprint density at radius 1 is 0.949 bits per heavy atom. The molecule has 1 aliphatic heterocycles. The average Bonchev–Trinajstić information content (AvgIpc) is 2.88. The molecule has 1 fully saturated rings. The summed E-state index contributed by atoms with van der Waals surface area (Å²) >= 11 is 6.10. The van der Waals surface area contributed by atoms with Crippen LogP contribution in [0.15, 0.2) is 76.5 Å². The van der Waals surface area contributed by atoms with E-state index < -0.39 is 48.7 Å². The first-order valence-corrected chi connectivity index (χ1v) is 14.8. The van der Waals surface area contributed by atoms with Gasteiger partial charge in [-0.1, -0.05) is 41.9 Å².